The van der Waals surface area contributed by atoms with Crippen molar-refractivity contribution in [3.63, 3.8) is 0 Å². The fourth-order valence-corrected chi connectivity index (χ4v) is 7.94. The van der Waals surface area contributed by atoms with Crippen molar-refractivity contribution in [1.29, 1.82) is 0 Å². The van der Waals surface area contributed by atoms with E-state index in [1.807, 2.05) is 6.92 Å². The van der Waals surface area contributed by atoms with Gasteiger partial charge in [0.15, 0.2) is 0 Å². The molecule has 0 spiro atoms. The van der Waals surface area contributed by atoms with Crippen LogP contribution in [0.3, 0.4) is 0 Å². The summed E-state index contributed by atoms with van der Waals surface area (Å²) >= 11 is 0. The number of hydrogen-bond donors (Lipinski definition) is 0. The van der Waals surface area contributed by atoms with Crippen molar-refractivity contribution < 1.29 is 43.1 Å². The fourth-order valence-electron chi connectivity index (χ4n) is 7.94. The normalized spacial score (nSPS) is 43.8. The number of Topliss-reactive ketones (excluding diaryl/α,β-unsaturated/α-hetero) is 3. The van der Waals surface area contributed by atoms with Gasteiger partial charge in [-0.15, -0.1) is 0 Å². The summed E-state index contributed by atoms with van der Waals surface area (Å²) in [7, 11) is 0. The van der Waals surface area contributed by atoms with Crippen LogP contribution in [0.4, 0.5) is 0 Å². The molecule has 0 amide bonds. The number of carbonyl (C=O) groups is 4. The first-order chi connectivity index (χ1) is 13.6. The molecule has 30 heavy (non-hydrogen) atoms. The minimum Gasteiger partial charge on any atom is -0.550 e. The molecule has 4 aliphatic rings. The predicted octanol–water partition coefficient (Wildman–Crippen LogP) is -0.257. The minimum absolute atomic E-state index is 0. The van der Waals surface area contributed by atoms with Crippen LogP contribution >= 0.6 is 0 Å². The molecular formula is C24H33LiO5. The van der Waals surface area contributed by atoms with Gasteiger partial charge in [-0.25, -0.2) is 0 Å². The summed E-state index contributed by atoms with van der Waals surface area (Å²) < 4.78 is 0. The average molecular weight is 408 g/mol. The van der Waals surface area contributed by atoms with Gasteiger partial charge < -0.3 is 9.90 Å². The van der Waals surface area contributed by atoms with E-state index in [2.05, 4.69) is 13.8 Å². The Kier molecular flexibility index (Phi) is 6.49. The third-order valence-electron chi connectivity index (χ3n) is 9.71. The number of carboxylic acid groups (broad SMARTS) is 1. The average Bonchev–Trinajstić information content (AvgIpc) is 3.01. The number of fused-ring (bicyclic) bond motifs is 5. The van der Waals surface area contributed by atoms with Crippen LogP contribution in [0.15, 0.2) is 0 Å². The Morgan fingerprint density at radius 3 is 2.47 bits per heavy atom. The second-order valence-electron chi connectivity index (χ2n) is 10.8. The van der Waals surface area contributed by atoms with Crippen LogP contribution < -0.4 is 24.0 Å². The number of hydrogen-bond acceptors (Lipinski definition) is 5. The first-order valence-corrected chi connectivity index (χ1v) is 11.4. The molecule has 0 radical (unpaired) electrons. The Bertz CT molecular complexity index is 763. The molecule has 0 aromatic rings. The van der Waals surface area contributed by atoms with E-state index in [9.17, 15) is 24.3 Å². The summed E-state index contributed by atoms with van der Waals surface area (Å²) in [5.74, 6) is 0.130. The van der Waals surface area contributed by atoms with Crippen LogP contribution in [0.1, 0.15) is 78.6 Å². The van der Waals surface area contributed by atoms with Crippen molar-refractivity contribution in [2.75, 3.05) is 0 Å². The first kappa shape index (κ1) is 23.7. The Morgan fingerprint density at radius 2 is 1.80 bits per heavy atom. The van der Waals surface area contributed by atoms with Crippen LogP contribution in [0.5, 0.6) is 0 Å². The van der Waals surface area contributed by atoms with Gasteiger partial charge in [-0.3, -0.25) is 14.4 Å². The SMILES string of the molecule is C[C@H](CCC(=O)[O-])[C@H]1CC[C@H]2[C@@H]3C(=O)C[C@@H]4CC(=O)CC[C@]4(C)[C@H]3CC(=O)[C@]12C.[Li+]. The molecule has 8 atom stereocenters. The zero-order valence-corrected chi connectivity index (χ0v) is 18.9. The van der Waals surface area contributed by atoms with E-state index in [4.69, 9.17) is 0 Å². The van der Waals surface area contributed by atoms with Crippen molar-refractivity contribution in [3.05, 3.63) is 0 Å². The minimum atomic E-state index is -1.04. The van der Waals surface area contributed by atoms with Gasteiger partial charge in [0.05, 0.1) is 0 Å². The Morgan fingerprint density at radius 1 is 1.10 bits per heavy atom. The molecule has 0 unspecified atom stereocenters. The zero-order chi connectivity index (χ0) is 21.1. The maximum Gasteiger partial charge on any atom is 1.00 e. The smallest absolute Gasteiger partial charge is 0.550 e. The summed E-state index contributed by atoms with van der Waals surface area (Å²) in [6, 6.07) is 0. The molecule has 5 nitrogen and oxygen atoms in total. The van der Waals surface area contributed by atoms with Crippen LogP contribution in [0.25, 0.3) is 0 Å². The molecule has 6 heteroatoms. The number of rotatable bonds is 4. The van der Waals surface area contributed by atoms with Gasteiger partial charge in [-0.1, -0.05) is 20.8 Å². The van der Waals surface area contributed by atoms with E-state index in [-0.39, 0.29) is 83.6 Å². The quantitative estimate of drug-likeness (QED) is 0.598. The zero-order valence-electron chi connectivity index (χ0n) is 18.9. The van der Waals surface area contributed by atoms with Gasteiger partial charge in [0.1, 0.15) is 17.3 Å². The van der Waals surface area contributed by atoms with Crippen molar-refractivity contribution in [2.45, 2.75) is 78.6 Å². The van der Waals surface area contributed by atoms with Crippen LogP contribution in [0.2, 0.25) is 0 Å². The second kappa shape index (κ2) is 8.21. The van der Waals surface area contributed by atoms with Crippen molar-refractivity contribution in [2.24, 2.45) is 46.3 Å². The monoisotopic (exact) mass is 408 g/mol. The molecule has 4 saturated carbocycles. The third kappa shape index (κ3) is 3.45. The maximum atomic E-state index is 13.6. The van der Waals surface area contributed by atoms with E-state index in [1.165, 1.54) is 0 Å². The van der Waals surface area contributed by atoms with Crippen molar-refractivity contribution in [1.82, 2.24) is 0 Å². The van der Waals surface area contributed by atoms with Crippen molar-refractivity contribution in [3.8, 4) is 0 Å². The molecule has 0 aliphatic heterocycles. The van der Waals surface area contributed by atoms with Crippen LogP contribution in [0, 0.1) is 46.3 Å². The third-order valence-corrected chi connectivity index (χ3v) is 9.71. The molecule has 4 fully saturated rings. The largest absolute Gasteiger partial charge is 1.00 e. The Labute approximate surface area is 191 Å². The number of aliphatic carboxylic acids is 1. The molecule has 0 aromatic carbocycles. The van der Waals surface area contributed by atoms with Gasteiger partial charge in [0.2, 0.25) is 0 Å². The first-order valence-electron chi connectivity index (χ1n) is 11.4. The predicted molar refractivity (Wildman–Crippen MR) is 104 cm³/mol. The summed E-state index contributed by atoms with van der Waals surface area (Å²) in [5.41, 5.74) is -0.627. The molecule has 4 rings (SSSR count). The second-order valence-corrected chi connectivity index (χ2v) is 10.8. The summed E-state index contributed by atoms with van der Waals surface area (Å²) in [6.45, 7) is 6.32. The molecule has 0 saturated heterocycles. The summed E-state index contributed by atoms with van der Waals surface area (Å²) in [5, 5.41) is 10.9. The molecule has 0 heterocycles. The fraction of sp³-hybridized carbons (Fsp3) is 0.833. The molecule has 0 aromatic heterocycles. The van der Waals surface area contributed by atoms with Crippen molar-refractivity contribution >= 4 is 23.3 Å². The summed E-state index contributed by atoms with van der Waals surface area (Å²) in [4.78, 5) is 49.8. The molecule has 0 bridgehead atoms. The van der Waals surface area contributed by atoms with E-state index >= 15 is 0 Å². The van der Waals surface area contributed by atoms with E-state index in [1.54, 1.807) is 0 Å². The maximum absolute atomic E-state index is 13.6. The van der Waals surface area contributed by atoms with Crippen LogP contribution in [-0.2, 0) is 19.2 Å². The van der Waals surface area contributed by atoms with Crippen LogP contribution in [-0.4, -0.2) is 23.3 Å². The van der Waals surface area contributed by atoms with Gasteiger partial charge in [0.25, 0.3) is 0 Å². The van der Waals surface area contributed by atoms with E-state index in [0.29, 0.717) is 32.1 Å². The van der Waals surface area contributed by atoms with Gasteiger partial charge in [-0.05, 0) is 67.1 Å². The van der Waals surface area contributed by atoms with Gasteiger partial charge in [0, 0.05) is 43.0 Å². The Balaban J connectivity index is 0.00000256. The summed E-state index contributed by atoms with van der Waals surface area (Å²) in [6.07, 6.45) is 5.08. The molecule has 0 N–H and O–H groups in total. The van der Waals surface area contributed by atoms with E-state index < -0.39 is 11.4 Å². The van der Waals surface area contributed by atoms with E-state index in [0.717, 1.165) is 19.3 Å². The topological polar surface area (TPSA) is 91.3 Å². The molecule has 160 valence electrons. The van der Waals surface area contributed by atoms with Gasteiger partial charge >= 0.3 is 18.9 Å². The molecule has 4 aliphatic carbocycles. The number of carboxylic acids is 1. The Hall–Kier alpha value is -0.923. The van der Waals surface area contributed by atoms with Gasteiger partial charge in [-0.2, -0.15) is 0 Å². The number of carbonyl (C=O) groups excluding carboxylic acids is 4. The number of ketones is 3. The molecular weight excluding hydrogens is 375 g/mol. The standard InChI is InChI=1S/C24H34O5.Li/c1-13(4-7-21(28)29)16-5-6-17-22-18(12-20(27)24(16,17)3)23(2)9-8-15(25)10-14(23)11-19(22)26;/h13-14,16-18,22H,4-12H2,1-3H3,(H,28,29);/q;+1/p-1/t13-,14+,16-,17+,18+,22+,23+,24-;/m1./s1.